The minimum Gasteiger partial charge on any atom is -0.491 e. The van der Waals surface area contributed by atoms with Crippen LogP contribution in [0, 0.1) is 0 Å². The number of hydrogen-bond donors (Lipinski definition) is 0. The second-order valence-corrected chi connectivity index (χ2v) is 9.41. The third kappa shape index (κ3) is 5.86. The Morgan fingerprint density at radius 2 is 2.00 bits per heavy atom. The van der Waals surface area contributed by atoms with Crippen LogP contribution in [0.5, 0.6) is 5.75 Å². The standard InChI is InChI=1S/C27H37N3O5/c1-3-5-14-29-15-17-33-24-12-7-6-10-21(24)11-8-9-13-27(26(29)32)20-30(16-18-34-27)25(31)23-19-22(4-2)35-28-23/h6-7,10,12,19H,3-5,8-9,11,13-18,20H2,1-2H3. The number of nitrogens with zero attached hydrogens (tertiary/aromatic N) is 3. The molecule has 2 aliphatic heterocycles. The summed E-state index contributed by atoms with van der Waals surface area (Å²) in [6.45, 7) is 6.57. The molecular weight excluding hydrogens is 446 g/mol. The van der Waals surface area contributed by atoms with E-state index in [1.807, 2.05) is 30.0 Å². The van der Waals surface area contributed by atoms with E-state index in [0.29, 0.717) is 51.4 Å². The molecule has 35 heavy (non-hydrogen) atoms. The lowest BCUT2D eigenvalue weighted by molar-refractivity contribution is -0.170. The van der Waals surface area contributed by atoms with Crippen LogP contribution in [-0.4, -0.2) is 71.8 Å². The van der Waals surface area contributed by atoms with Crippen LogP contribution in [0.2, 0.25) is 0 Å². The first-order valence-electron chi connectivity index (χ1n) is 12.9. The van der Waals surface area contributed by atoms with Gasteiger partial charge in [0.25, 0.3) is 11.8 Å². The monoisotopic (exact) mass is 483 g/mol. The van der Waals surface area contributed by atoms with Crippen LogP contribution in [0.1, 0.15) is 67.8 Å². The molecule has 3 heterocycles. The molecule has 0 bridgehead atoms. The number of morpholine rings is 1. The lowest BCUT2D eigenvalue weighted by Crippen LogP contribution is -2.62. The van der Waals surface area contributed by atoms with Crippen LogP contribution in [0.3, 0.4) is 0 Å². The van der Waals surface area contributed by atoms with Gasteiger partial charge >= 0.3 is 0 Å². The van der Waals surface area contributed by atoms with Gasteiger partial charge in [-0.3, -0.25) is 9.59 Å². The minimum atomic E-state index is -1.06. The Balaban J connectivity index is 1.57. The first-order valence-corrected chi connectivity index (χ1v) is 12.9. The van der Waals surface area contributed by atoms with Gasteiger partial charge in [0, 0.05) is 25.6 Å². The molecule has 8 nitrogen and oxygen atoms in total. The molecule has 0 aliphatic carbocycles. The molecule has 190 valence electrons. The van der Waals surface area contributed by atoms with E-state index in [4.69, 9.17) is 14.0 Å². The molecule has 2 aliphatic rings. The molecule has 1 fully saturated rings. The van der Waals surface area contributed by atoms with E-state index in [9.17, 15) is 9.59 Å². The Bertz CT molecular complexity index is 1010. The van der Waals surface area contributed by atoms with Crippen LogP contribution in [0.4, 0.5) is 0 Å². The van der Waals surface area contributed by atoms with E-state index < -0.39 is 5.60 Å². The predicted octanol–water partition coefficient (Wildman–Crippen LogP) is 3.88. The Morgan fingerprint density at radius 1 is 1.14 bits per heavy atom. The maximum absolute atomic E-state index is 14.0. The zero-order chi connectivity index (χ0) is 24.7. The highest BCUT2D eigenvalue weighted by Crippen LogP contribution is 2.30. The van der Waals surface area contributed by atoms with Gasteiger partial charge in [-0.2, -0.15) is 0 Å². The molecule has 1 aromatic heterocycles. The fourth-order valence-corrected chi connectivity index (χ4v) is 4.88. The van der Waals surface area contributed by atoms with E-state index in [2.05, 4.69) is 18.1 Å². The fourth-order valence-electron chi connectivity index (χ4n) is 4.88. The van der Waals surface area contributed by atoms with Crippen molar-refractivity contribution in [2.75, 3.05) is 39.4 Å². The lowest BCUT2D eigenvalue weighted by atomic mass is 9.90. The molecule has 2 aromatic rings. The maximum atomic E-state index is 14.0. The summed E-state index contributed by atoms with van der Waals surface area (Å²) in [6, 6.07) is 9.82. The number of amides is 2. The molecule has 0 radical (unpaired) electrons. The van der Waals surface area contributed by atoms with Crippen molar-refractivity contribution in [3.8, 4) is 5.75 Å². The highest BCUT2D eigenvalue weighted by atomic mass is 16.5. The molecule has 0 N–H and O–H groups in total. The molecule has 4 rings (SSSR count). The number of para-hydroxylation sites is 1. The van der Waals surface area contributed by atoms with Crippen molar-refractivity contribution in [2.24, 2.45) is 0 Å². The van der Waals surface area contributed by atoms with Crippen molar-refractivity contribution in [1.82, 2.24) is 15.0 Å². The van der Waals surface area contributed by atoms with E-state index in [1.165, 1.54) is 5.56 Å². The van der Waals surface area contributed by atoms with E-state index >= 15 is 0 Å². The van der Waals surface area contributed by atoms with Gasteiger partial charge in [0.05, 0.1) is 19.7 Å². The van der Waals surface area contributed by atoms with Crippen molar-refractivity contribution in [3.63, 3.8) is 0 Å². The maximum Gasteiger partial charge on any atom is 0.276 e. The number of unbranched alkanes of at least 4 members (excludes halogenated alkanes) is 1. The average Bonchev–Trinajstić information content (AvgIpc) is 3.37. The molecule has 1 atom stereocenters. The first-order chi connectivity index (χ1) is 17.1. The summed E-state index contributed by atoms with van der Waals surface area (Å²) in [7, 11) is 0. The molecule has 8 heteroatoms. The zero-order valence-electron chi connectivity index (χ0n) is 21.0. The molecular formula is C27H37N3O5. The number of hydrogen-bond acceptors (Lipinski definition) is 6. The van der Waals surface area contributed by atoms with Gasteiger partial charge < -0.3 is 23.8 Å². The predicted molar refractivity (Wildman–Crippen MR) is 131 cm³/mol. The summed E-state index contributed by atoms with van der Waals surface area (Å²) in [6.07, 6.45) is 5.72. The largest absolute Gasteiger partial charge is 0.491 e. The van der Waals surface area contributed by atoms with Gasteiger partial charge in [-0.15, -0.1) is 0 Å². The molecule has 1 spiro atoms. The topological polar surface area (TPSA) is 85.1 Å². The Morgan fingerprint density at radius 3 is 2.80 bits per heavy atom. The summed E-state index contributed by atoms with van der Waals surface area (Å²) in [4.78, 5) is 30.8. The van der Waals surface area contributed by atoms with Gasteiger partial charge in [0.2, 0.25) is 0 Å². The van der Waals surface area contributed by atoms with Crippen LogP contribution in [-0.2, 0) is 22.4 Å². The molecule has 1 aromatic carbocycles. The molecule has 2 amide bonds. The fraction of sp³-hybridized carbons (Fsp3) is 0.593. The van der Waals surface area contributed by atoms with Crippen molar-refractivity contribution < 1.29 is 23.6 Å². The highest BCUT2D eigenvalue weighted by molar-refractivity contribution is 5.93. The third-order valence-electron chi connectivity index (χ3n) is 6.93. The van der Waals surface area contributed by atoms with E-state index in [-0.39, 0.29) is 24.1 Å². The van der Waals surface area contributed by atoms with Gasteiger partial charge in [-0.05, 0) is 43.7 Å². The smallest absolute Gasteiger partial charge is 0.276 e. The third-order valence-corrected chi connectivity index (χ3v) is 6.93. The number of aromatic nitrogens is 1. The first kappa shape index (κ1) is 25.2. The van der Waals surface area contributed by atoms with Crippen LogP contribution in [0.25, 0.3) is 0 Å². The van der Waals surface area contributed by atoms with Crippen molar-refractivity contribution >= 4 is 11.8 Å². The summed E-state index contributed by atoms with van der Waals surface area (Å²) >= 11 is 0. The van der Waals surface area contributed by atoms with Gasteiger partial charge in [0.1, 0.15) is 18.1 Å². The molecule has 1 saturated heterocycles. The summed E-state index contributed by atoms with van der Waals surface area (Å²) in [5.74, 6) is 1.31. The number of fused-ring (bicyclic) bond motifs is 1. The average molecular weight is 484 g/mol. The number of carbonyl (C=O) groups excluding carboxylic acids is 2. The minimum absolute atomic E-state index is 0.0460. The van der Waals surface area contributed by atoms with Crippen LogP contribution in [0.15, 0.2) is 34.9 Å². The van der Waals surface area contributed by atoms with Gasteiger partial charge in [0.15, 0.2) is 11.3 Å². The van der Waals surface area contributed by atoms with E-state index in [1.54, 1.807) is 11.0 Å². The SMILES string of the molecule is CCCCN1CCOc2ccccc2CCCCC2(CN(C(=O)c3cc(CC)on3)CCO2)C1=O. The number of carbonyl (C=O) groups is 2. The lowest BCUT2D eigenvalue weighted by Gasteiger charge is -2.44. The summed E-state index contributed by atoms with van der Waals surface area (Å²) < 4.78 is 17.6. The molecule has 1 unspecified atom stereocenters. The molecule has 0 saturated carbocycles. The zero-order valence-corrected chi connectivity index (χ0v) is 21.0. The highest BCUT2D eigenvalue weighted by Gasteiger charge is 2.47. The summed E-state index contributed by atoms with van der Waals surface area (Å²) in [5.41, 5.74) is 0.414. The van der Waals surface area contributed by atoms with Crippen LogP contribution >= 0.6 is 0 Å². The number of rotatable bonds is 5. The van der Waals surface area contributed by atoms with E-state index in [0.717, 1.165) is 37.9 Å². The van der Waals surface area contributed by atoms with Crippen molar-refractivity contribution in [2.45, 2.75) is 64.4 Å². The number of benzene rings is 1. The Kier molecular flexibility index (Phi) is 8.44. The summed E-state index contributed by atoms with van der Waals surface area (Å²) in [5, 5.41) is 3.96. The normalized spacial score (nSPS) is 21.7. The second kappa shape index (κ2) is 11.7. The van der Waals surface area contributed by atoms with Gasteiger partial charge in [-0.25, -0.2) is 0 Å². The number of ether oxygens (including phenoxy) is 2. The van der Waals surface area contributed by atoms with Gasteiger partial charge in [-0.1, -0.05) is 43.6 Å². The number of aryl methyl sites for hydroxylation is 2. The van der Waals surface area contributed by atoms with Crippen LogP contribution < -0.4 is 4.74 Å². The Hall–Kier alpha value is -2.87. The van der Waals surface area contributed by atoms with Crippen molar-refractivity contribution in [3.05, 3.63) is 47.3 Å². The second-order valence-electron chi connectivity index (χ2n) is 9.41. The Labute approximate surface area is 207 Å². The quantitative estimate of drug-likeness (QED) is 0.642. The van der Waals surface area contributed by atoms with Crippen molar-refractivity contribution in [1.29, 1.82) is 0 Å².